The second-order valence-corrected chi connectivity index (χ2v) is 4.48. The first-order valence-electron chi connectivity index (χ1n) is 6.34. The molecule has 0 heterocycles. The van der Waals surface area contributed by atoms with Crippen LogP contribution >= 0.6 is 0 Å². The van der Waals surface area contributed by atoms with Crippen LogP contribution in [0.15, 0.2) is 36.4 Å². The van der Waals surface area contributed by atoms with E-state index in [1.165, 1.54) is 32.4 Å². The van der Waals surface area contributed by atoms with Crippen LogP contribution in [-0.2, 0) is 0 Å². The van der Waals surface area contributed by atoms with Gasteiger partial charge in [-0.25, -0.2) is 4.39 Å². The predicted molar refractivity (Wildman–Crippen MR) is 78.6 cm³/mol. The molecule has 1 amide bonds. The number of rotatable bonds is 4. The second kappa shape index (κ2) is 6.26. The van der Waals surface area contributed by atoms with Gasteiger partial charge in [0.15, 0.2) is 0 Å². The molecule has 0 fully saturated rings. The summed E-state index contributed by atoms with van der Waals surface area (Å²) in [6.07, 6.45) is 0. The van der Waals surface area contributed by atoms with Crippen LogP contribution in [0.1, 0.15) is 15.9 Å². The van der Waals surface area contributed by atoms with Crippen LogP contribution < -0.4 is 14.8 Å². The van der Waals surface area contributed by atoms with E-state index in [1.807, 2.05) is 0 Å². The Hall–Kier alpha value is -2.56. The van der Waals surface area contributed by atoms with Crippen molar-refractivity contribution in [3.05, 3.63) is 53.3 Å². The second-order valence-electron chi connectivity index (χ2n) is 4.48. The number of amides is 1. The summed E-state index contributed by atoms with van der Waals surface area (Å²) in [6, 6.07) is 9.11. The molecule has 0 unspecified atom stereocenters. The Kier molecular flexibility index (Phi) is 4.42. The van der Waals surface area contributed by atoms with Gasteiger partial charge in [-0.05, 0) is 42.8 Å². The number of hydrogen-bond donors (Lipinski definition) is 1. The zero-order valence-electron chi connectivity index (χ0n) is 12.1. The Morgan fingerprint density at radius 1 is 1.10 bits per heavy atom. The molecule has 0 aliphatic heterocycles. The molecule has 1 N–H and O–H groups in total. The molecule has 0 saturated carbocycles. The maximum atomic E-state index is 13.1. The topological polar surface area (TPSA) is 47.6 Å². The molecule has 0 spiro atoms. The third kappa shape index (κ3) is 3.31. The van der Waals surface area contributed by atoms with Gasteiger partial charge in [-0.15, -0.1) is 0 Å². The molecule has 0 aliphatic carbocycles. The van der Waals surface area contributed by atoms with E-state index in [9.17, 15) is 9.18 Å². The van der Waals surface area contributed by atoms with Crippen molar-refractivity contribution in [2.75, 3.05) is 19.5 Å². The molecule has 0 atom stereocenters. The predicted octanol–water partition coefficient (Wildman–Crippen LogP) is 3.40. The highest BCUT2D eigenvalue weighted by molar-refractivity contribution is 6.06. The molecule has 0 radical (unpaired) electrons. The Balaban J connectivity index is 2.28. The van der Waals surface area contributed by atoms with Gasteiger partial charge in [-0.3, -0.25) is 4.79 Å². The first kappa shape index (κ1) is 14.8. The van der Waals surface area contributed by atoms with Crippen LogP contribution in [0.2, 0.25) is 0 Å². The highest BCUT2D eigenvalue weighted by Gasteiger charge is 2.14. The fraction of sp³-hybridized carbons (Fsp3) is 0.188. The highest BCUT2D eigenvalue weighted by atomic mass is 19.1. The van der Waals surface area contributed by atoms with E-state index >= 15 is 0 Å². The normalized spacial score (nSPS) is 10.1. The van der Waals surface area contributed by atoms with Gasteiger partial charge < -0.3 is 14.8 Å². The number of aryl methyl sites for hydroxylation is 1. The number of carbonyl (C=O) groups excluding carboxylic acids is 1. The van der Waals surface area contributed by atoms with Crippen molar-refractivity contribution in [3.63, 3.8) is 0 Å². The van der Waals surface area contributed by atoms with Crippen molar-refractivity contribution >= 4 is 11.6 Å². The number of halogens is 1. The molecule has 4 nitrogen and oxygen atoms in total. The third-order valence-electron chi connectivity index (χ3n) is 3.09. The Labute approximate surface area is 122 Å². The molecule has 21 heavy (non-hydrogen) atoms. The number of ether oxygens (including phenoxy) is 2. The summed E-state index contributed by atoms with van der Waals surface area (Å²) in [5.74, 6) is 0.338. The average molecular weight is 289 g/mol. The number of methoxy groups -OCH3 is 2. The lowest BCUT2D eigenvalue weighted by molar-refractivity contribution is 0.102. The van der Waals surface area contributed by atoms with Gasteiger partial charge >= 0.3 is 0 Å². The van der Waals surface area contributed by atoms with Crippen LogP contribution in [0, 0.1) is 12.7 Å². The molecule has 5 heteroatoms. The van der Waals surface area contributed by atoms with Gasteiger partial charge in [0, 0.05) is 11.8 Å². The summed E-state index contributed by atoms with van der Waals surface area (Å²) in [6.45, 7) is 1.73. The van der Waals surface area contributed by atoms with E-state index in [2.05, 4.69) is 5.32 Å². The Morgan fingerprint density at radius 2 is 1.86 bits per heavy atom. The zero-order valence-corrected chi connectivity index (χ0v) is 12.1. The van der Waals surface area contributed by atoms with Crippen molar-refractivity contribution < 1.29 is 18.7 Å². The van der Waals surface area contributed by atoms with E-state index in [-0.39, 0.29) is 11.7 Å². The highest BCUT2D eigenvalue weighted by Crippen LogP contribution is 2.26. The van der Waals surface area contributed by atoms with Crippen molar-refractivity contribution in [1.82, 2.24) is 0 Å². The van der Waals surface area contributed by atoms with Crippen LogP contribution in [0.5, 0.6) is 11.5 Å². The minimum Gasteiger partial charge on any atom is -0.497 e. The largest absolute Gasteiger partial charge is 0.497 e. The average Bonchev–Trinajstić information content (AvgIpc) is 2.49. The van der Waals surface area contributed by atoms with E-state index in [0.29, 0.717) is 28.3 Å². The minimum absolute atomic E-state index is 0.329. The van der Waals surface area contributed by atoms with Gasteiger partial charge in [0.25, 0.3) is 5.91 Å². The standard InChI is InChI=1S/C16H16FNO3/c1-10-8-11(17)4-7-14(10)18-16(19)13-6-5-12(20-2)9-15(13)21-3/h4-9H,1-3H3,(H,18,19). The SMILES string of the molecule is COc1ccc(C(=O)Nc2ccc(F)cc2C)c(OC)c1. The number of hydrogen-bond acceptors (Lipinski definition) is 3. The van der Waals surface area contributed by atoms with Crippen molar-refractivity contribution in [1.29, 1.82) is 0 Å². The molecule has 2 rings (SSSR count). The van der Waals surface area contributed by atoms with E-state index in [4.69, 9.17) is 9.47 Å². The molecular formula is C16H16FNO3. The van der Waals surface area contributed by atoms with Gasteiger partial charge in [-0.1, -0.05) is 0 Å². The number of benzene rings is 2. The third-order valence-corrected chi connectivity index (χ3v) is 3.09. The number of nitrogens with one attached hydrogen (secondary N) is 1. The molecule has 110 valence electrons. The summed E-state index contributed by atoms with van der Waals surface area (Å²) in [5.41, 5.74) is 1.58. The van der Waals surface area contributed by atoms with Gasteiger partial charge in [0.05, 0.1) is 19.8 Å². The molecule has 2 aromatic rings. The lowest BCUT2D eigenvalue weighted by Crippen LogP contribution is -2.14. The van der Waals surface area contributed by atoms with E-state index < -0.39 is 0 Å². The smallest absolute Gasteiger partial charge is 0.259 e. The molecule has 0 saturated heterocycles. The minimum atomic E-state index is -0.340. The molecule has 0 bridgehead atoms. The fourth-order valence-electron chi connectivity index (χ4n) is 1.94. The quantitative estimate of drug-likeness (QED) is 0.938. The van der Waals surface area contributed by atoms with Gasteiger partial charge in [-0.2, -0.15) is 0 Å². The Bertz CT molecular complexity index is 671. The molecule has 2 aromatic carbocycles. The Morgan fingerprint density at radius 3 is 2.48 bits per heavy atom. The summed E-state index contributed by atoms with van der Waals surface area (Å²) >= 11 is 0. The van der Waals surface area contributed by atoms with Crippen molar-refractivity contribution in [3.8, 4) is 11.5 Å². The number of carbonyl (C=O) groups is 1. The summed E-state index contributed by atoms with van der Waals surface area (Å²) in [7, 11) is 3.02. The van der Waals surface area contributed by atoms with Gasteiger partial charge in [0.2, 0.25) is 0 Å². The fourth-order valence-corrected chi connectivity index (χ4v) is 1.94. The number of anilines is 1. The van der Waals surface area contributed by atoms with Crippen molar-refractivity contribution in [2.24, 2.45) is 0 Å². The summed E-state index contributed by atoms with van der Waals surface area (Å²) < 4.78 is 23.3. The van der Waals surface area contributed by atoms with Crippen LogP contribution in [-0.4, -0.2) is 20.1 Å². The molecule has 0 aromatic heterocycles. The summed E-state index contributed by atoms with van der Waals surface area (Å²) in [5, 5.41) is 2.74. The van der Waals surface area contributed by atoms with Crippen LogP contribution in [0.25, 0.3) is 0 Å². The van der Waals surface area contributed by atoms with Gasteiger partial charge in [0.1, 0.15) is 17.3 Å². The summed E-state index contributed by atoms with van der Waals surface area (Å²) in [4.78, 5) is 12.3. The van der Waals surface area contributed by atoms with Crippen LogP contribution in [0.4, 0.5) is 10.1 Å². The van der Waals surface area contributed by atoms with Crippen LogP contribution in [0.3, 0.4) is 0 Å². The lowest BCUT2D eigenvalue weighted by atomic mass is 10.1. The molecule has 0 aliphatic rings. The zero-order chi connectivity index (χ0) is 15.4. The maximum Gasteiger partial charge on any atom is 0.259 e. The first-order valence-corrected chi connectivity index (χ1v) is 6.34. The van der Waals surface area contributed by atoms with E-state index in [0.717, 1.165) is 0 Å². The first-order chi connectivity index (χ1) is 10.0. The lowest BCUT2D eigenvalue weighted by Gasteiger charge is -2.12. The van der Waals surface area contributed by atoms with E-state index in [1.54, 1.807) is 25.1 Å². The van der Waals surface area contributed by atoms with Crippen molar-refractivity contribution in [2.45, 2.75) is 6.92 Å². The molecular weight excluding hydrogens is 273 g/mol. The monoisotopic (exact) mass is 289 g/mol. The maximum absolute atomic E-state index is 13.1.